The lowest BCUT2D eigenvalue weighted by Gasteiger charge is -2.26. The highest BCUT2D eigenvalue weighted by molar-refractivity contribution is 9.10. The number of ether oxygens (including phenoxy) is 3. The summed E-state index contributed by atoms with van der Waals surface area (Å²) in [6, 6.07) is 11.5. The van der Waals surface area contributed by atoms with E-state index in [1.54, 1.807) is 6.07 Å². The number of esters is 3. The van der Waals surface area contributed by atoms with Crippen molar-refractivity contribution in [2.24, 2.45) is 5.41 Å². The summed E-state index contributed by atoms with van der Waals surface area (Å²) in [7, 11) is 3.96. The van der Waals surface area contributed by atoms with Crippen molar-refractivity contribution in [1.29, 1.82) is 0 Å². The Bertz CT molecular complexity index is 1260. The van der Waals surface area contributed by atoms with Crippen LogP contribution in [0.25, 0.3) is 0 Å². The van der Waals surface area contributed by atoms with Crippen molar-refractivity contribution in [3.8, 4) is 0 Å². The number of Topliss-reactive ketones (excluding diaryl/α,β-unsaturated/α-hetero) is 2. The van der Waals surface area contributed by atoms with Crippen LogP contribution in [-0.2, 0) is 41.4 Å². The Labute approximate surface area is 250 Å². The third-order valence-corrected chi connectivity index (χ3v) is 7.75. The summed E-state index contributed by atoms with van der Waals surface area (Å²) in [5, 5.41) is 0. The molecule has 2 aliphatic carbocycles. The van der Waals surface area contributed by atoms with Crippen molar-refractivity contribution in [2.75, 3.05) is 21.3 Å². The molecular formula is C30H32Br2O8. The Kier molecular flexibility index (Phi) is 12.9. The van der Waals surface area contributed by atoms with Gasteiger partial charge in [0.1, 0.15) is 0 Å². The van der Waals surface area contributed by atoms with Gasteiger partial charge in [-0.3, -0.25) is 19.2 Å². The minimum Gasteiger partial charge on any atom is -0.469 e. The van der Waals surface area contributed by atoms with Crippen LogP contribution in [0.4, 0.5) is 0 Å². The number of carbonyl (C=O) groups excluding carboxylic acids is 5. The molecule has 0 N–H and O–H groups in total. The average molecular weight is 680 g/mol. The van der Waals surface area contributed by atoms with Crippen LogP contribution in [0.15, 0.2) is 58.0 Å². The third kappa shape index (κ3) is 8.96. The number of halogens is 2. The van der Waals surface area contributed by atoms with E-state index >= 15 is 0 Å². The number of ketones is 2. The lowest BCUT2D eigenvalue weighted by molar-refractivity contribution is -0.141. The van der Waals surface area contributed by atoms with E-state index in [2.05, 4.69) is 52.6 Å². The molecule has 0 saturated heterocycles. The van der Waals surface area contributed by atoms with Crippen molar-refractivity contribution < 1.29 is 38.2 Å². The lowest BCUT2D eigenvalue weighted by atomic mass is 9.75. The molecule has 2 aromatic rings. The van der Waals surface area contributed by atoms with Crippen LogP contribution in [0.1, 0.15) is 63.9 Å². The molecule has 0 aliphatic heterocycles. The highest BCUT2D eigenvalue weighted by Gasteiger charge is 2.45. The van der Waals surface area contributed by atoms with E-state index in [-0.39, 0.29) is 36.3 Å². The van der Waals surface area contributed by atoms with Crippen LogP contribution in [0.3, 0.4) is 0 Å². The van der Waals surface area contributed by atoms with Crippen LogP contribution < -0.4 is 0 Å². The maximum absolute atomic E-state index is 12.9. The molecule has 0 fully saturated rings. The molecule has 4 rings (SSSR count). The Morgan fingerprint density at radius 2 is 1.35 bits per heavy atom. The molecule has 0 radical (unpaired) electrons. The molecule has 0 heterocycles. The monoisotopic (exact) mass is 678 g/mol. The number of fused-ring (bicyclic) bond motifs is 2. The highest BCUT2D eigenvalue weighted by Crippen LogP contribution is 2.44. The smallest absolute Gasteiger partial charge is 0.329 e. The van der Waals surface area contributed by atoms with Gasteiger partial charge in [-0.05, 0) is 61.1 Å². The maximum Gasteiger partial charge on any atom is 0.329 e. The molecule has 2 aromatic carbocycles. The number of aryl methyl sites for hydroxylation is 1. The van der Waals surface area contributed by atoms with E-state index in [0.29, 0.717) is 31.2 Å². The fraction of sp³-hybridized carbons (Fsp3) is 0.367. The van der Waals surface area contributed by atoms with Gasteiger partial charge in [0.25, 0.3) is 0 Å². The lowest BCUT2D eigenvalue weighted by Crippen LogP contribution is -2.30. The fourth-order valence-electron chi connectivity index (χ4n) is 4.55. The second-order valence-corrected chi connectivity index (χ2v) is 11.0. The zero-order valence-electron chi connectivity index (χ0n) is 22.7. The summed E-state index contributed by atoms with van der Waals surface area (Å²) in [5.41, 5.74) is 2.96. The Balaban J connectivity index is 0.000000270. The quantitative estimate of drug-likeness (QED) is 0.199. The minimum absolute atomic E-state index is 0.0124. The molecule has 40 heavy (non-hydrogen) atoms. The SMILES string of the molecule is C=CC(=O)OC.COC(=O)CCC1(CCC(=O)OC)Cc2ccc(Br)cc2C1=O.O=C1CCc2ccc(Br)cc21. The van der Waals surface area contributed by atoms with Crippen LogP contribution in [-0.4, -0.2) is 50.8 Å². The zero-order valence-corrected chi connectivity index (χ0v) is 25.9. The van der Waals surface area contributed by atoms with Gasteiger partial charge in [0.15, 0.2) is 11.6 Å². The largest absolute Gasteiger partial charge is 0.469 e. The van der Waals surface area contributed by atoms with Crippen LogP contribution >= 0.6 is 31.9 Å². The van der Waals surface area contributed by atoms with Gasteiger partial charge in [-0.15, -0.1) is 0 Å². The number of benzene rings is 2. The van der Waals surface area contributed by atoms with Gasteiger partial charge in [0.2, 0.25) is 0 Å². The first-order valence-corrected chi connectivity index (χ1v) is 14.1. The van der Waals surface area contributed by atoms with Gasteiger partial charge in [-0.2, -0.15) is 0 Å². The van der Waals surface area contributed by atoms with Crippen molar-refractivity contribution in [3.63, 3.8) is 0 Å². The normalized spacial score (nSPS) is 13.9. The van der Waals surface area contributed by atoms with Crippen molar-refractivity contribution >= 4 is 61.3 Å². The molecule has 0 amide bonds. The average Bonchev–Trinajstić information content (AvgIpc) is 3.46. The molecule has 2 aliphatic rings. The minimum atomic E-state index is -0.745. The van der Waals surface area contributed by atoms with Crippen LogP contribution in [0.2, 0.25) is 0 Å². The van der Waals surface area contributed by atoms with E-state index in [1.165, 1.54) is 26.9 Å². The van der Waals surface area contributed by atoms with Gasteiger partial charge in [-0.25, -0.2) is 4.79 Å². The molecule has 10 heteroatoms. The predicted molar refractivity (Wildman–Crippen MR) is 156 cm³/mol. The van der Waals surface area contributed by atoms with Crippen molar-refractivity contribution in [3.05, 3.63) is 80.3 Å². The maximum atomic E-state index is 12.9. The summed E-state index contributed by atoms with van der Waals surface area (Å²) in [5.74, 6) is -0.835. The topological polar surface area (TPSA) is 113 Å². The van der Waals surface area contributed by atoms with Gasteiger partial charge in [0.05, 0.1) is 21.3 Å². The highest BCUT2D eigenvalue weighted by atomic mass is 79.9. The van der Waals surface area contributed by atoms with Gasteiger partial charge in [0, 0.05) is 50.8 Å². The Morgan fingerprint density at radius 3 is 1.82 bits per heavy atom. The van der Waals surface area contributed by atoms with E-state index in [9.17, 15) is 24.0 Å². The number of hydrogen-bond donors (Lipinski definition) is 0. The molecule has 0 saturated carbocycles. The summed E-state index contributed by atoms with van der Waals surface area (Å²) >= 11 is 6.72. The van der Waals surface area contributed by atoms with Gasteiger partial charge in [-0.1, -0.05) is 50.6 Å². The number of hydrogen-bond acceptors (Lipinski definition) is 8. The summed E-state index contributed by atoms with van der Waals surface area (Å²) in [4.78, 5) is 57.0. The Hall–Kier alpha value is -3.11. The second kappa shape index (κ2) is 15.6. The van der Waals surface area contributed by atoms with Crippen molar-refractivity contribution in [1.82, 2.24) is 0 Å². The molecule has 0 aromatic heterocycles. The van der Waals surface area contributed by atoms with E-state index in [1.807, 2.05) is 30.3 Å². The zero-order chi connectivity index (χ0) is 29.9. The molecule has 0 atom stereocenters. The molecule has 0 unspecified atom stereocenters. The van der Waals surface area contributed by atoms with E-state index < -0.39 is 11.4 Å². The summed E-state index contributed by atoms with van der Waals surface area (Å²) < 4.78 is 15.3. The first-order chi connectivity index (χ1) is 19.0. The van der Waals surface area contributed by atoms with Gasteiger partial charge < -0.3 is 14.2 Å². The summed E-state index contributed by atoms with van der Waals surface area (Å²) in [6.45, 7) is 3.16. The van der Waals surface area contributed by atoms with E-state index in [4.69, 9.17) is 0 Å². The first kappa shape index (κ1) is 33.1. The molecular weight excluding hydrogens is 648 g/mol. The van der Waals surface area contributed by atoms with Crippen LogP contribution in [0, 0.1) is 5.41 Å². The fourth-order valence-corrected chi connectivity index (χ4v) is 5.27. The van der Waals surface area contributed by atoms with Crippen molar-refractivity contribution in [2.45, 2.75) is 44.9 Å². The second-order valence-electron chi connectivity index (χ2n) is 9.19. The summed E-state index contributed by atoms with van der Waals surface area (Å²) in [6.07, 6.45) is 4.27. The standard InChI is InChI=1S/C17H19BrO5.C9H7BrO.C4H6O2/c1-22-14(19)5-7-17(8-6-15(20)23-2)10-11-3-4-12(18)9-13(11)16(17)21;10-7-3-1-6-2-4-9(11)8(6)5-7;1-3-4(5)6-2/h3-4,9H,5-8,10H2,1-2H3;1,3,5H,2,4H2;3H,1H2,2H3. The van der Waals surface area contributed by atoms with E-state index in [0.717, 1.165) is 32.6 Å². The molecule has 0 bridgehead atoms. The third-order valence-electron chi connectivity index (χ3n) is 6.76. The number of rotatable bonds is 7. The molecule has 8 nitrogen and oxygen atoms in total. The number of methoxy groups -OCH3 is 3. The Morgan fingerprint density at radius 1 is 0.825 bits per heavy atom. The molecule has 214 valence electrons. The van der Waals surface area contributed by atoms with Crippen LogP contribution in [0.5, 0.6) is 0 Å². The van der Waals surface area contributed by atoms with Gasteiger partial charge >= 0.3 is 17.9 Å². The predicted octanol–water partition coefficient (Wildman–Crippen LogP) is 6.00. The first-order valence-electron chi connectivity index (χ1n) is 12.5. The number of carbonyl (C=O) groups is 5. The molecule has 0 spiro atoms.